The van der Waals surface area contributed by atoms with Crippen molar-refractivity contribution < 1.29 is 23.1 Å². The summed E-state index contributed by atoms with van der Waals surface area (Å²) < 4.78 is 36.7. The molecule has 0 saturated heterocycles. The Morgan fingerprint density at radius 3 is 2.60 bits per heavy atom. The Balaban J connectivity index is 2.41. The number of carboxylic acids is 1. The van der Waals surface area contributed by atoms with Gasteiger partial charge in [0.1, 0.15) is 0 Å². The Bertz CT molecular complexity index is 268. The number of allylic oxidation sites excluding steroid dienone is 2. The second-order valence-electron chi connectivity index (χ2n) is 3.80. The first kappa shape index (κ1) is 12.1. The lowest BCUT2D eigenvalue weighted by atomic mass is 9.86. The SMILES string of the molecule is O=C(O)CCC1CC=C(C(F)(F)F)CC1. The molecule has 0 aromatic carbocycles. The van der Waals surface area contributed by atoms with Gasteiger partial charge in [-0.15, -0.1) is 0 Å². The molecule has 0 amide bonds. The average molecular weight is 222 g/mol. The molecule has 1 atom stereocenters. The zero-order valence-electron chi connectivity index (χ0n) is 8.18. The van der Waals surface area contributed by atoms with E-state index in [2.05, 4.69) is 0 Å². The number of rotatable bonds is 3. The molecule has 1 unspecified atom stereocenters. The van der Waals surface area contributed by atoms with Crippen LogP contribution >= 0.6 is 0 Å². The van der Waals surface area contributed by atoms with Crippen LogP contribution in [-0.4, -0.2) is 17.3 Å². The minimum atomic E-state index is -4.21. The quantitative estimate of drug-likeness (QED) is 0.745. The van der Waals surface area contributed by atoms with E-state index in [1.54, 1.807) is 0 Å². The lowest BCUT2D eigenvalue weighted by Crippen LogP contribution is -2.17. The zero-order chi connectivity index (χ0) is 11.5. The van der Waals surface area contributed by atoms with Crippen LogP contribution in [0.5, 0.6) is 0 Å². The van der Waals surface area contributed by atoms with Crippen molar-refractivity contribution in [1.29, 1.82) is 0 Å². The van der Waals surface area contributed by atoms with E-state index in [0.717, 1.165) is 0 Å². The normalized spacial score (nSPS) is 22.3. The highest BCUT2D eigenvalue weighted by molar-refractivity contribution is 5.66. The summed E-state index contributed by atoms with van der Waals surface area (Å²) in [7, 11) is 0. The molecule has 0 fully saturated rings. The lowest BCUT2D eigenvalue weighted by Gasteiger charge is -2.22. The maximum absolute atomic E-state index is 12.2. The standard InChI is InChI=1S/C10H13F3O2/c11-10(12,13)8-4-1-7(2-5-8)3-6-9(14)15/h4,7H,1-3,5-6H2,(H,14,15). The van der Waals surface area contributed by atoms with E-state index in [4.69, 9.17) is 5.11 Å². The Morgan fingerprint density at radius 2 is 2.20 bits per heavy atom. The number of alkyl halides is 3. The van der Waals surface area contributed by atoms with Crippen LogP contribution in [0.15, 0.2) is 11.6 Å². The van der Waals surface area contributed by atoms with Crippen molar-refractivity contribution in [3.63, 3.8) is 0 Å². The fraction of sp³-hybridized carbons (Fsp3) is 0.700. The second-order valence-corrected chi connectivity index (χ2v) is 3.80. The minimum absolute atomic E-state index is 0.0216. The fourth-order valence-corrected chi connectivity index (χ4v) is 1.74. The van der Waals surface area contributed by atoms with Crippen molar-refractivity contribution in [3.8, 4) is 0 Å². The smallest absolute Gasteiger partial charge is 0.412 e. The molecule has 5 heteroatoms. The predicted molar refractivity (Wildman–Crippen MR) is 48.3 cm³/mol. The molecule has 1 aliphatic carbocycles. The maximum Gasteiger partial charge on any atom is 0.412 e. The molecule has 0 heterocycles. The largest absolute Gasteiger partial charge is 0.481 e. The molecule has 0 saturated carbocycles. The summed E-state index contributed by atoms with van der Waals surface area (Å²) >= 11 is 0. The molecule has 1 rings (SSSR count). The number of hydrogen-bond donors (Lipinski definition) is 1. The van der Waals surface area contributed by atoms with Gasteiger partial charge in [0, 0.05) is 12.0 Å². The first-order chi connectivity index (χ1) is 6.89. The van der Waals surface area contributed by atoms with Gasteiger partial charge in [-0.25, -0.2) is 0 Å². The van der Waals surface area contributed by atoms with Gasteiger partial charge < -0.3 is 5.11 Å². The predicted octanol–water partition coefficient (Wildman–Crippen LogP) is 3.14. The first-order valence-electron chi connectivity index (χ1n) is 4.87. The van der Waals surface area contributed by atoms with Crippen LogP contribution in [0.25, 0.3) is 0 Å². The van der Waals surface area contributed by atoms with E-state index in [-0.39, 0.29) is 18.8 Å². The van der Waals surface area contributed by atoms with Crippen LogP contribution in [0, 0.1) is 5.92 Å². The molecule has 1 aliphatic rings. The van der Waals surface area contributed by atoms with Crippen LogP contribution in [0.1, 0.15) is 32.1 Å². The maximum atomic E-state index is 12.2. The molecule has 0 aromatic rings. The summed E-state index contributed by atoms with van der Waals surface area (Å²) in [6.45, 7) is 0. The highest BCUT2D eigenvalue weighted by Gasteiger charge is 2.34. The summed E-state index contributed by atoms with van der Waals surface area (Å²) in [4.78, 5) is 10.3. The average Bonchev–Trinajstić information content (AvgIpc) is 2.14. The summed E-state index contributed by atoms with van der Waals surface area (Å²) in [6, 6.07) is 0. The lowest BCUT2D eigenvalue weighted by molar-refractivity contribution is -0.137. The van der Waals surface area contributed by atoms with Crippen molar-refractivity contribution in [2.75, 3.05) is 0 Å². The van der Waals surface area contributed by atoms with Gasteiger partial charge in [-0.1, -0.05) is 6.08 Å². The second kappa shape index (κ2) is 4.68. The highest BCUT2D eigenvalue weighted by atomic mass is 19.4. The Kier molecular flexibility index (Phi) is 3.77. The van der Waals surface area contributed by atoms with Gasteiger partial charge in [-0.05, 0) is 31.6 Å². The molecule has 15 heavy (non-hydrogen) atoms. The fourth-order valence-electron chi connectivity index (χ4n) is 1.74. The summed E-state index contributed by atoms with van der Waals surface area (Å²) in [6.07, 6.45) is -1.68. The third-order valence-corrected chi connectivity index (χ3v) is 2.65. The van der Waals surface area contributed by atoms with Crippen LogP contribution in [-0.2, 0) is 4.79 Å². The monoisotopic (exact) mass is 222 g/mol. The third kappa shape index (κ3) is 3.93. The molecular weight excluding hydrogens is 209 g/mol. The van der Waals surface area contributed by atoms with Crippen molar-refractivity contribution in [2.24, 2.45) is 5.92 Å². The first-order valence-corrected chi connectivity index (χ1v) is 4.87. The summed E-state index contributed by atoms with van der Waals surface area (Å²) in [5.41, 5.74) is -0.464. The van der Waals surface area contributed by atoms with E-state index in [0.29, 0.717) is 19.3 Å². The Morgan fingerprint density at radius 1 is 1.53 bits per heavy atom. The van der Waals surface area contributed by atoms with Crippen LogP contribution in [0.2, 0.25) is 0 Å². The molecule has 0 bridgehead atoms. The van der Waals surface area contributed by atoms with Gasteiger partial charge in [0.25, 0.3) is 0 Å². The molecule has 86 valence electrons. The number of hydrogen-bond acceptors (Lipinski definition) is 1. The number of carboxylic acid groups (broad SMARTS) is 1. The number of carbonyl (C=O) groups is 1. The Hall–Kier alpha value is -1.00. The molecule has 0 radical (unpaired) electrons. The van der Waals surface area contributed by atoms with E-state index in [1.807, 2.05) is 0 Å². The van der Waals surface area contributed by atoms with Gasteiger partial charge in [-0.2, -0.15) is 13.2 Å². The molecule has 0 aliphatic heterocycles. The molecule has 2 nitrogen and oxygen atoms in total. The van der Waals surface area contributed by atoms with Crippen LogP contribution < -0.4 is 0 Å². The van der Waals surface area contributed by atoms with Gasteiger partial charge in [0.15, 0.2) is 0 Å². The van der Waals surface area contributed by atoms with E-state index < -0.39 is 17.7 Å². The molecule has 0 aromatic heterocycles. The van der Waals surface area contributed by atoms with Crippen LogP contribution in [0.3, 0.4) is 0 Å². The topological polar surface area (TPSA) is 37.3 Å². The number of halogens is 3. The van der Waals surface area contributed by atoms with Crippen LogP contribution in [0.4, 0.5) is 13.2 Å². The Labute approximate surface area is 85.8 Å². The summed E-state index contributed by atoms with van der Waals surface area (Å²) in [5.74, 6) is -0.798. The van der Waals surface area contributed by atoms with Crippen molar-refractivity contribution >= 4 is 5.97 Å². The summed E-state index contributed by atoms with van der Waals surface area (Å²) in [5, 5.41) is 8.43. The van der Waals surface area contributed by atoms with Crippen molar-refractivity contribution in [2.45, 2.75) is 38.3 Å². The van der Waals surface area contributed by atoms with E-state index >= 15 is 0 Å². The van der Waals surface area contributed by atoms with E-state index in [9.17, 15) is 18.0 Å². The van der Waals surface area contributed by atoms with Gasteiger partial charge in [0.05, 0.1) is 0 Å². The molecule has 1 N–H and O–H groups in total. The molecular formula is C10H13F3O2. The third-order valence-electron chi connectivity index (χ3n) is 2.65. The molecule has 0 spiro atoms. The van der Waals surface area contributed by atoms with Gasteiger partial charge in [-0.3, -0.25) is 4.79 Å². The minimum Gasteiger partial charge on any atom is -0.481 e. The zero-order valence-corrected chi connectivity index (χ0v) is 8.18. The van der Waals surface area contributed by atoms with Crippen molar-refractivity contribution in [1.82, 2.24) is 0 Å². The van der Waals surface area contributed by atoms with E-state index in [1.165, 1.54) is 6.08 Å². The van der Waals surface area contributed by atoms with Gasteiger partial charge in [0.2, 0.25) is 0 Å². The number of aliphatic carboxylic acids is 1. The van der Waals surface area contributed by atoms with Crippen molar-refractivity contribution in [3.05, 3.63) is 11.6 Å². The van der Waals surface area contributed by atoms with Gasteiger partial charge >= 0.3 is 12.1 Å². The highest BCUT2D eigenvalue weighted by Crippen LogP contribution is 2.36.